The molecule has 0 spiro atoms. The Morgan fingerprint density at radius 1 is 1.12 bits per heavy atom. The fourth-order valence-electron chi connectivity index (χ4n) is 4.72. The average molecular weight is 437 g/mol. The minimum absolute atomic E-state index is 0.00367. The fourth-order valence-corrected chi connectivity index (χ4v) is 4.72. The summed E-state index contributed by atoms with van der Waals surface area (Å²) >= 11 is 0. The predicted molar refractivity (Wildman–Crippen MR) is 127 cm³/mol. The lowest BCUT2D eigenvalue weighted by Crippen LogP contribution is -2.39. The summed E-state index contributed by atoms with van der Waals surface area (Å²) in [6.07, 6.45) is 8.00. The molecule has 7 nitrogen and oxygen atoms in total. The lowest BCUT2D eigenvalue weighted by atomic mass is 9.93. The Morgan fingerprint density at radius 2 is 1.91 bits per heavy atom. The summed E-state index contributed by atoms with van der Waals surface area (Å²) in [5.41, 5.74) is 2.84. The SMILES string of the molecule is CCc1ccc2[nH]c(=O)c(CN(Cc3nnnn3C(C)(C)CC)C3CCCCC3)cc2c1. The maximum Gasteiger partial charge on any atom is 0.252 e. The third kappa shape index (κ3) is 4.77. The molecule has 0 bridgehead atoms. The zero-order valence-electron chi connectivity index (χ0n) is 19.9. The van der Waals surface area contributed by atoms with Gasteiger partial charge in [-0.1, -0.05) is 39.2 Å². The van der Waals surface area contributed by atoms with Gasteiger partial charge < -0.3 is 4.98 Å². The normalized spacial score (nSPS) is 15.7. The lowest BCUT2D eigenvalue weighted by Gasteiger charge is -2.34. The van der Waals surface area contributed by atoms with Gasteiger partial charge in [-0.3, -0.25) is 9.69 Å². The Bertz CT molecular complexity index is 1110. The summed E-state index contributed by atoms with van der Waals surface area (Å²) in [6, 6.07) is 8.79. The van der Waals surface area contributed by atoms with Crippen LogP contribution in [-0.4, -0.2) is 36.1 Å². The van der Waals surface area contributed by atoms with E-state index in [1.165, 1.54) is 24.8 Å². The molecule has 2 aromatic heterocycles. The van der Waals surface area contributed by atoms with E-state index in [1.807, 2.05) is 10.7 Å². The van der Waals surface area contributed by atoms with Crippen LogP contribution in [0.1, 0.15) is 83.2 Å². The van der Waals surface area contributed by atoms with Crippen LogP contribution in [0, 0.1) is 0 Å². The van der Waals surface area contributed by atoms with Crippen molar-refractivity contribution in [3.05, 3.63) is 51.6 Å². The Kier molecular flexibility index (Phi) is 6.74. The molecule has 2 heterocycles. The van der Waals surface area contributed by atoms with Gasteiger partial charge in [-0.05, 0) is 79.1 Å². The van der Waals surface area contributed by atoms with Gasteiger partial charge in [0.1, 0.15) is 0 Å². The van der Waals surface area contributed by atoms with E-state index in [9.17, 15) is 4.79 Å². The lowest BCUT2D eigenvalue weighted by molar-refractivity contribution is 0.129. The standard InChI is InChI=1S/C25H36N6O/c1-5-18-12-13-22-19(14-18)15-20(24(32)26-22)16-30(21-10-8-7-9-11-21)17-23-27-28-29-31(23)25(3,4)6-2/h12-15,21H,5-11,16-17H2,1-4H3,(H,26,32). The quantitative estimate of drug-likeness (QED) is 0.560. The molecule has 1 aromatic carbocycles. The second-order valence-electron chi connectivity index (χ2n) is 9.77. The first-order chi connectivity index (χ1) is 15.4. The van der Waals surface area contributed by atoms with Gasteiger partial charge in [0.25, 0.3) is 5.56 Å². The van der Waals surface area contributed by atoms with E-state index in [2.05, 4.69) is 71.3 Å². The number of aryl methyl sites for hydroxylation is 1. The van der Waals surface area contributed by atoms with Crippen LogP contribution in [0.15, 0.2) is 29.1 Å². The molecule has 1 saturated carbocycles. The smallest absolute Gasteiger partial charge is 0.252 e. The second kappa shape index (κ2) is 9.53. The highest BCUT2D eigenvalue weighted by Crippen LogP contribution is 2.27. The van der Waals surface area contributed by atoms with Crippen molar-refractivity contribution in [2.75, 3.05) is 0 Å². The van der Waals surface area contributed by atoms with Gasteiger partial charge in [0.15, 0.2) is 5.82 Å². The average Bonchev–Trinajstić information content (AvgIpc) is 3.28. The maximum atomic E-state index is 13.0. The number of aromatic amines is 1. The van der Waals surface area contributed by atoms with E-state index in [4.69, 9.17) is 0 Å². The molecule has 1 fully saturated rings. The highest BCUT2D eigenvalue weighted by Gasteiger charge is 2.28. The highest BCUT2D eigenvalue weighted by molar-refractivity contribution is 5.79. The summed E-state index contributed by atoms with van der Waals surface area (Å²) < 4.78 is 1.96. The summed E-state index contributed by atoms with van der Waals surface area (Å²) in [6.45, 7) is 9.89. The Hall–Kier alpha value is -2.54. The predicted octanol–water partition coefficient (Wildman–Crippen LogP) is 4.56. The molecule has 0 atom stereocenters. The van der Waals surface area contributed by atoms with Gasteiger partial charge in [0.05, 0.1) is 12.1 Å². The van der Waals surface area contributed by atoms with Crippen molar-refractivity contribution in [1.29, 1.82) is 0 Å². The van der Waals surface area contributed by atoms with Gasteiger partial charge >= 0.3 is 0 Å². The van der Waals surface area contributed by atoms with Crippen LogP contribution in [0.3, 0.4) is 0 Å². The van der Waals surface area contributed by atoms with Gasteiger partial charge in [-0.2, -0.15) is 0 Å². The topological polar surface area (TPSA) is 79.7 Å². The minimum atomic E-state index is -0.145. The molecule has 1 N–H and O–H groups in total. The molecule has 3 aromatic rings. The molecule has 32 heavy (non-hydrogen) atoms. The molecule has 0 aliphatic heterocycles. The molecule has 0 saturated heterocycles. The van der Waals surface area contributed by atoms with E-state index in [1.54, 1.807) is 0 Å². The molecule has 0 unspecified atom stereocenters. The first-order valence-electron chi connectivity index (χ1n) is 12.1. The number of aromatic nitrogens is 5. The number of fused-ring (bicyclic) bond motifs is 1. The van der Waals surface area contributed by atoms with Crippen LogP contribution in [0.2, 0.25) is 0 Å². The summed E-state index contributed by atoms with van der Waals surface area (Å²) in [7, 11) is 0. The zero-order chi connectivity index (χ0) is 22.7. The molecule has 0 amide bonds. The van der Waals surface area contributed by atoms with E-state index < -0.39 is 0 Å². The maximum absolute atomic E-state index is 13.0. The van der Waals surface area contributed by atoms with E-state index in [0.717, 1.165) is 48.0 Å². The number of pyridine rings is 1. The van der Waals surface area contributed by atoms with Crippen molar-refractivity contribution in [3.8, 4) is 0 Å². The van der Waals surface area contributed by atoms with Crippen LogP contribution in [0.25, 0.3) is 10.9 Å². The number of H-pyrrole nitrogens is 1. The highest BCUT2D eigenvalue weighted by atomic mass is 16.1. The molecular weight excluding hydrogens is 400 g/mol. The van der Waals surface area contributed by atoms with Crippen LogP contribution in [-0.2, 0) is 25.0 Å². The number of benzene rings is 1. The van der Waals surface area contributed by atoms with Crippen molar-refractivity contribution in [1.82, 2.24) is 30.1 Å². The van der Waals surface area contributed by atoms with Crippen LogP contribution < -0.4 is 5.56 Å². The van der Waals surface area contributed by atoms with Crippen molar-refractivity contribution >= 4 is 10.9 Å². The number of hydrogen-bond acceptors (Lipinski definition) is 5. The third-order valence-electron chi connectivity index (χ3n) is 7.18. The summed E-state index contributed by atoms with van der Waals surface area (Å²) in [5.74, 6) is 0.868. The molecule has 7 heteroatoms. The molecule has 1 aliphatic carbocycles. The van der Waals surface area contributed by atoms with Crippen LogP contribution in [0.4, 0.5) is 0 Å². The zero-order valence-corrected chi connectivity index (χ0v) is 19.9. The molecule has 1 aliphatic rings. The van der Waals surface area contributed by atoms with Gasteiger partial charge in [0.2, 0.25) is 0 Å². The van der Waals surface area contributed by atoms with Gasteiger partial charge in [-0.15, -0.1) is 5.10 Å². The number of tetrazole rings is 1. The van der Waals surface area contributed by atoms with E-state index >= 15 is 0 Å². The largest absolute Gasteiger partial charge is 0.322 e. The number of rotatable bonds is 8. The van der Waals surface area contributed by atoms with Gasteiger partial charge in [0, 0.05) is 23.7 Å². The molecule has 172 valence electrons. The van der Waals surface area contributed by atoms with Gasteiger partial charge in [-0.25, -0.2) is 4.68 Å². The second-order valence-corrected chi connectivity index (χ2v) is 9.77. The molecule has 4 rings (SSSR count). The van der Waals surface area contributed by atoms with Crippen LogP contribution >= 0.6 is 0 Å². The number of nitrogens with one attached hydrogen (secondary N) is 1. The monoisotopic (exact) mass is 436 g/mol. The van der Waals surface area contributed by atoms with Crippen molar-refractivity contribution < 1.29 is 0 Å². The minimum Gasteiger partial charge on any atom is -0.322 e. The summed E-state index contributed by atoms with van der Waals surface area (Å²) in [4.78, 5) is 18.5. The molecule has 0 radical (unpaired) electrons. The first kappa shape index (κ1) is 22.6. The fraction of sp³-hybridized carbons (Fsp3) is 0.600. The summed E-state index contributed by atoms with van der Waals surface area (Å²) in [5, 5.41) is 13.8. The Labute approximate surface area is 190 Å². The van der Waals surface area contributed by atoms with Crippen molar-refractivity contribution in [2.45, 2.75) is 97.3 Å². The number of hydrogen-bond donors (Lipinski definition) is 1. The Balaban J connectivity index is 1.67. The Morgan fingerprint density at radius 3 is 2.62 bits per heavy atom. The van der Waals surface area contributed by atoms with E-state index in [-0.39, 0.29) is 11.1 Å². The molecular formula is C25H36N6O. The van der Waals surface area contributed by atoms with Crippen LogP contribution in [0.5, 0.6) is 0 Å². The van der Waals surface area contributed by atoms with Crippen molar-refractivity contribution in [2.24, 2.45) is 0 Å². The third-order valence-corrected chi connectivity index (χ3v) is 7.18. The van der Waals surface area contributed by atoms with Crippen molar-refractivity contribution in [3.63, 3.8) is 0 Å². The first-order valence-corrected chi connectivity index (χ1v) is 12.1. The van der Waals surface area contributed by atoms with E-state index in [0.29, 0.717) is 19.1 Å². The number of nitrogens with zero attached hydrogens (tertiary/aromatic N) is 5.